The lowest BCUT2D eigenvalue weighted by Gasteiger charge is -2.07. The van der Waals surface area contributed by atoms with Crippen molar-refractivity contribution in [2.75, 3.05) is 10.0 Å². The number of rotatable bonds is 6. The van der Waals surface area contributed by atoms with E-state index in [2.05, 4.69) is 21.8 Å². The predicted octanol–water partition coefficient (Wildman–Crippen LogP) is 2.61. The molecule has 0 saturated carbocycles. The fourth-order valence-electron chi connectivity index (χ4n) is 1.75. The molecule has 1 amide bonds. The highest BCUT2D eigenvalue weighted by Gasteiger charge is 2.19. The summed E-state index contributed by atoms with van der Waals surface area (Å²) in [7, 11) is -3.79. The Kier molecular flexibility index (Phi) is 4.85. The quantitative estimate of drug-likeness (QED) is 0.790. The number of carbonyl (C=O) groups is 1. The van der Waals surface area contributed by atoms with E-state index in [1.807, 2.05) is 0 Å². The summed E-state index contributed by atoms with van der Waals surface area (Å²) in [6, 6.07) is 5.80. The second kappa shape index (κ2) is 6.66. The molecule has 0 aliphatic rings. The van der Waals surface area contributed by atoms with Crippen molar-refractivity contribution in [1.29, 1.82) is 0 Å². The van der Waals surface area contributed by atoms with E-state index in [0.717, 1.165) is 0 Å². The Hall–Kier alpha value is -2.61. The number of nitrogens with one attached hydrogen (secondary N) is 2. The number of hydrogen-bond acceptors (Lipinski definition) is 5. The maximum Gasteiger partial charge on any atom is 0.264 e. The highest BCUT2D eigenvalue weighted by Crippen LogP contribution is 2.22. The molecule has 0 bridgehead atoms. The van der Waals surface area contributed by atoms with Crippen molar-refractivity contribution in [3.8, 4) is 0 Å². The zero-order chi connectivity index (χ0) is 17.0. The standard InChI is InChI=1S/C15H17N3O4S/c1-4-5-14(19)16-12-6-8-13(9-7-12)23(20,21)18-15-10(2)11(3)17-22-15/h4,6-9,18H,1,5H2,2-3H3,(H,16,19). The van der Waals surface area contributed by atoms with E-state index >= 15 is 0 Å². The van der Waals surface area contributed by atoms with Gasteiger partial charge >= 0.3 is 0 Å². The smallest absolute Gasteiger partial charge is 0.264 e. The lowest BCUT2D eigenvalue weighted by Crippen LogP contribution is -2.14. The molecule has 0 aliphatic carbocycles. The lowest BCUT2D eigenvalue weighted by molar-refractivity contribution is -0.115. The molecular weight excluding hydrogens is 318 g/mol. The van der Waals surface area contributed by atoms with Crippen molar-refractivity contribution in [1.82, 2.24) is 5.16 Å². The van der Waals surface area contributed by atoms with Gasteiger partial charge in [-0.15, -0.1) is 6.58 Å². The van der Waals surface area contributed by atoms with Crippen LogP contribution in [0, 0.1) is 13.8 Å². The summed E-state index contributed by atoms with van der Waals surface area (Å²) >= 11 is 0. The molecule has 1 heterocycles. The number of aromatic nitrogens is 1. The Morgan fingerprint density at radius 2 is 1.96 bits per heavy atom. The third kappa shape index (κ3) is 3.98. The molecule has 122 valence electrons. The van der Waals surface area contributed by atoms with E-state index in [-0.39, 0.29) is 23.1 Å². The van der Waals surface area contributed by atoms with Crippen LogP contribution in [0.5, 0.6) is 0 Å². The zero-order valence-electron chi connectivity index (χ0n) is 12.8. The molecule has 2 aromatic rings. The van der Waals surface area contributed by atoms with Crippen molar-refractivity contribution in [2.45, 2.75) is 25.2 Å². The van der Waals surface area contributed by atoms with Crippen LogP contribution in [0.3, 0.4) is 0 Å². The Morgan fingerprint density at radius 1 is 1.30 bits per heavy atom. The molecule has 8 heteroatoms. The Morgan fingerprint density at radius 3 is 2.48 bits per heavy atom. The van der Waals surface area contributed by atoms with Gasteiger partial charge in [0.05, 0.1) is 10.6 Å². The maximum atomic E-state index is 12.3. The van der Waals surface area contributed by atoms with Crippen molar-refractivity contribution in [3.05, 3.63) is 48.2 Å². The Bertz CT molecular complexity index is 823. The van der Waals surface area contributed by atoms with Gasteiger partial charge in [0, 0.05) is 17.7 Å². The number of hydrogen-bond donors (Lipinski definition) is 2. The molecule has 0 spiro atoms. The fourth-order valence-corrected chi connectivity index (χ4v) is 2.80. The molecule has 1 aromatic carbocycles. The van der Waals surface area contributed by atoms with Gasteiger partial charge in [-0.25, -0.2) is 13.1 Å². The maximum absolute atomic E-state index is 12.3. The van der Waals surface area contributed by atoms with Gasteiger partial charge in [0.1, 0.15) is 0 Å². The molecular formula is C15H17N3O4S. The molecule has 0 saturated heterocycles. The molecule has 2 rings (SSSR count). The lowest BCUT2D eigenvalue weighted by atomic mass is 10.3. The van der Waals surface area contributed by atoms with Gasteiger partial charge in [-0.3, -0.25) is 4.79 Å². The van der Waals surface area contributed by atoms with Crippen LogP contribution in [0.25, 0.3) is 0 Å². The van der Waals surface area contributed by atoms with E-state index < -0.39 is 10.0 Å². The second-order valence-corrected chi connectivity index (χ2v) is 6.58. The SMILES string of the molecule is C=CCC(=O)Nc1ccc(S(=O)(=O)Nc2onc(C)c2C)cc1. The largest absolute Gasteiger partial charge is 0.337 e. The molecule has 0 atom stereocenters. The van der Waals surface area contributed by atoms with Crippen LogP contribution in [0.1, 0.15) is 17.7 Å². The minimum absolute atomic E-state index is 0.0488. The van der Waals surface area contributed by atoms with Crippen LogP contribution in [-0.4, -0.2) is 19.5 Å². The number of anilines is 2. The monoisotopic (exact) mass is 335 g/mol. The number of carbonyl (C=O) groups excluding carboxylic acids is 1. The predicted molar refractivity (Wildman–Crippen MR) is 86.7 cm³/mol. The van der Waals surface area contributed by atoms with Crippen LogP contribution in [-0.2, 0) is 14.8 Å². The highest BCUT2D eigenvalue weighted by molar-refractivity contribution is 7.92. The van der Waals surface area contributed by atoms with E-state index in [1.54, 1.807) is 13.8 Å². The van der Waals surface area contributed by atoms with Gasteiger partial charge in [-0.1, -0.05) is 11.2 Å². The molecule has 23 heavy (non-hydrogen) atoms. The average molecular weight is 335 g/mol. The molecule has 1 aromatic heterocycles. The Balaban J connectivity index is 2.15. The van der Waals surface area contributed by atoms with Gasteiger partial charge < -0.3 is 9.84 Å². The van der Waals surface area contributed by atoms with Crippen molar-refractivity contribution >= 4 is 27.5 Å². The van der Waals surface area contributed by atoms with Crippen LogP contribution in [0.15, 0.2) is 46.3 Å². The van der Waals surface area contributed by atoms with Gasteiger partial charge in [0.2, 0.25) is 11.8 Å². The van der Waals surface area contributed by atoms with Gasteiger partial charge in [-0.2, -0.15) is 0 Å². The molecule has 0 aliphatic heterocycles. The molecule has 0 fully saturated rings. The fraction of sp³-hybridized carbons (Fsp3) is 0.200. The number of benzene rings is 1. The molecule has 0 unspecified atom stereocenters. The number of nitrogens with zero attached hydrogens (tertiary/aromatic N) is 1. The molecule has 7 nitrogen and oxygen atoms in total. The first-order valence-electron chi connectivity index (χ1n) is 6.80. The highest BCUT2D eigenvalue weighted by atomic mass is 32.2. The van der Waals surface area contributed by atoms with Crippen LogP contribution in [0.2, 0.25) is 0 Å². The van der Waals surface area contributed by atoms with E-state index in [4.69, 9.17) is 4.52 Å². The summed E-state index contributed by atoms with van der Waals surface area (Å²) in [5.41, 5.74) is 1.74. The average Bonchev–Trinajstić information content (AvgIpc) is 2.79. The van der Waals surface area contributed by atoms with Gasteiger partial charge in [0.25, 0.3) is 10.0 Å². The summed E-state index contributed by atoms with van der Waals surface area (Å²) in [5.74, 6) is -0.132. The number of aryl methyl sites for hydroxylation is 1. The van der Waals surface area contributed by atoms with Crippen molar-refractivity contribution in [2.24, 2.45) is 0 Å². The second-order valence-electron chi connectivity index (χ2n) is 4.89. The first-order valence-corrected chi connectivity index (χ1v) is 8.28. The van der Waals surface area contributed by atoms with E-state index in [9.17, 15) is 13.2 Å². The zero-order valence-corrected chi connectivity index (χ0v) is 13.6. The summed E-state index contributed by atoms with van der Waals surface area (Å²) in [4.78, 5) is 11.5. The number of amides is 1. The summed E-state index contributed by atoms with van der Waals surface area (Å²) in [6.07, 6.45) is 1.67. The van der Waals surface area contributed by atoms with Crippen LogP contribution in [0.4, 0.5) is 11.6 Å². The first-order chi connectivity index (χ1) is 10.8. The van der Waals surface area contributed by atoms with E-state index in [1.165, 1.54) is 30.3 Å². The minimum Gasteiger partial charge on any atom is -0.337 e. The Labute approximate surface area is 134 Å². The molecule has 2 N–H and O–H groups in total. The topological polar surface area (TPSA) is 101 Å². The third-order valence-corrected chi connectivity index (χ3v) is 4.51. The van der Waals surface area contributed by atoms with Crippen LogP contribution < -0.4 is 10.0 Å². The van der Waals surface area contributed by atoms with E-state index in [0.29, 0.717) is 16.9 Å². The first kappa shape index (κ1) is 16.8. The third-order valence-electron chi connectivity index (χ3n) is 3.16. The minimum atomic E-state index is -3.79. The van der Waals surface area contributed by atoms with Gasteiger partial charge in [-0.05, 0) is 38.1 Å². The van der Waals surface area contributed by atoms with Gasteiger partial charge in [0.15, 0.2) is 0 Å². The van der Waals surface area contributed by atoms with Crippen LogP contribution >= 0.6 is 0 Å². The van der Waals surface area contributed by atoms with Crippen molar-refractivity contribution in [3.63, 3.8) is 0 Å². The summed E-state index contributed by atoms with van der Waals surface area (Å²) in [6.45, 7) is 6.90. The normalized spacial score (nSPS) is 11.0. The summed E-state index contributed by atoms with van der Waals surface area (Å²) < 4.78 is 31.9. The summed E-state index contributed by atoms with van der Waals surface area (Å²) in [5, 5.41) is 6.33. The number of sulfonamides is 1. The van der Waals surface area contributed by atoms with Crippen molar-refractivity contribution < 1.29 is 17.7 Å². The molecule has 0 radical (unpaired) electrons.